The Balaban J connectivity index is 2.22. The van der Waals surface area contributed by atoms with Gasteiger partial charge >= 0.3 is 0 Å². The molecular formula is C13H26N2O2. The number of ether oxygens (including phenoxy) is 1. The SMILES string of the molecule is CCCC(C)NC(=O)COC1(C)CCCNC1. The fourth-order valence-electron chi connectivity index (χ4n) is 2.21. The molecular weight excluding hydrogens is 216 g/mol. The molecule has 2 unspecified atom stereocenters. The molecule has 0 aromatic carbocycles. The predicted molar refractivity (Wildman–Crippen MR) is 69.0 cm³/mol. The molecule has 0 aromatic rings. The maximum atomic E-state index is 11.7. The van der Waals surface area contributed by atoms with Crippen molar-refractivity contribution in [2.75, 3.05) is 19.7 Å². The quantitative estimate of drug-likeness (QED) is 0.741. The number of carbonyl (C=O) groups excluding carboxylic acids is 1. The molecule has 2 N–H and O–H groups in total. The van der Waals surface area contributed by atoms with Crippen LogP contribution < -0.4 is 10.6 Å². The van der Waals surface area contributed by atoms with Crippen LogP contribution in [0.2, 0.25) is 0 Å². The van der Waals surface area contributed by atoms with Gasteiger partial charge < -0.3 is 15.4 Å². The van der Waals surface area contributed by atoms with Crippen molar-refractivity contribution in [3.63, 3.8) is 0 Å². The number of amides is 1. The van der Waals surface area contributed by atoms with Crippen LogP contribution in [0.4, 0.5) is 0 Å². The lowest BCUT2D eigenvalue weighted by Crippen LogP contribution is -2.47. The van der Waals surface area contributed by atoms with Crippen molar-refractivity contribution in [3.8, 4) is 0 Å². The summed E-state index contributed by atoms with van der Waals surface area (Å²) in [6, 6.07) is 0.244. The van der Waals surface area contributed by atoms with E-state index in [2.05, 4.69) is 24.5 Å². The van der Waals surface area contributed by atoms with Crippen LogP contribution in [-0.4, -0.2) is 37.2 Å². The van der Waals surface area contributed by atoms with Gasteiger partial charge in [0.15, 0.2) is 0 Å². The summed E-state index contributed by atoms with van der Waals surface area (Å²) >= 11 is 0. The zero-order valence-electron chi connectivity index (χ0n) is 11.3. The van der Waals surface area contributed by atoms with E-state index < -0.39 is 0 Å². The molecule has 1 saturated heterocycles. The van der Waals surface area contributed by atoms with Gasteiger partial charge in [-0.25, -0.2) is 0 Å². The average Bonchev–Trinajstić information content (AvgIpc) is 2.28. The number of nitrogens with one attached hydrogen (secondary N) is 2. The summed E-state index contributed by atoms with van der Waals surface area (Å²) < 4.78 is 5.74. The van der Waals surface area contributed by atoms with E-state index in [-0.39, 0.29) is 24.2 Å². The van der Waals surface area contributed by atoms with Crippen molar-refractivity contribution in [1.29, 1.82) is 0 Å². The lowest BCUT2D eigenvalue weighted by atomic mass is 9.96. The molecule has 1 heterocycles. The number of rotatable bonds is 6. The van der Waals surface area contributed by atoms with Gasteiger partial charge in [0.25, 0.3) is 0 Å². The van der Waals surface area contributed by atoms with Crippen molar-refractivity contribution >= 4 is 5.91 Å². The standard InChI is InChI=1S/C13H26N2O2/c1-4-6-11(2)15-12(16)9-17-13(3)7-5-8-14-10-13/h11,14H,4-10H2,1-3H3,(H,15,16). The summed E-state index contributed by atoms with van der Waals surface area (Å²) in [5, 5.41) is 6.26. The number of hydrogen-bond donors (Lipinski definition) is 2. The van der Waals surface area contributed by atoms with E-state index in [1.54, 1.807) is 0 Å². The molecule has 0 aliphatic carbocycles. The van der Waals surface area contributed by atoms with Gasteiger partial charge in [-0.05, 0) is 39.7 Å². The van der Waals surface area contributed by atoms with E-state index in [1.807, 2.05) is 6.92 Å². The second-order valence-electron chi connectivity index (χ2n) is 5.28. The second kappa shape index (κ2) is 6.97. The first-order valence-electron chi connectivity index (χ1n) is 6.70. The van der Waals surface area contributed by atoms with Crippen LogP contribution in [0.1, 0.15) is 46.5 Å². The van der Waals surface area contributed by atoms with E-state index >= 15 is 0 Å². The van der Waals surface area contributed by atoms with Crippen LogP contribution in [0.3, 0.4) is 0 Å². The Morgan fingerprint density at radius 1 is 1.59 bits per heavy atom. The first-order chi connectivity index (χ1) is 8.06. The lowest BCUT2D eigenvalue weighted by Gasteiger charge is -2.34. The van der Waals surface area contributed by atoms with E-state index in [1.165, 1.54) is 0 Å². The molecule has 0 bridgehead atoms. The maximum Gasteiger partial charge on any atom is 0.246 e. The summed E-state index contributed by atoms with van der Waals surface area (Å²) in [7, 11) is 0. The van der Waals surface area contributed by atoms with Crippen LogP contribution >= 0.6 is 0 Å². The molecule has 4 heteroatoms. The summed E-state index contributed by atoms with van der Waals surface area (Å²) in [5.74, 6) is -0.00208. The topological polar surface area (TPSA) is 50.4 Å². The second-order valence-corrected chi connectivity index (χ2v) is 5.28. The van der Waals surface area contributed by atoms with Crippen LogP contribution in [0.25, 0.3) is 0 Å². The van der Waals surface area contributed by atoms with Gasteiger partial charge in [0.05, 0.1) is 5.60 Å². The fourth-order valence-corrected chi connectivity index (χ4v) is 2.21. The fraction of sp³-hybridized carbons (Fsp3) is 0.923. The highest BCUT2D eigenvalue weighted by molar-refractivity contribution is 5.77. The Bertz CT molecular complexity index is 238. The van der Waals surface area contributed by atoms with E-state index in [0.29, 0.717) is 0 Å². The van der Waals surface area contributed by atoms with E-state index in [4.69, 9.17) is 4.74 Å². The zero-order valence-corrected chi connectivity index (χ0v) is 11.3. The molecule has 1 amide bonds. The van der Waals surface area contributed by atoms with Gasteiger partial charge in [0.1, 0.15) is 6.61 Å². The van der Waals surface area contributed by atoms with Gasteiger partial charge in [-0.2, -0.15) is 0 Å². The third kappa shape index (κ3) is 5.50. The molecule has 0 saturated carbocycles. The molecule has 17 heavy (non-hydrogen) atoms. The van der Waals surface area contributed by atoms with Crippen molar-refractivity contribution in [2.45, 2.75) is 58.1 Å². The minimum atomic E-state index is -0.177. The molecule has 1 rings (SSSR count). The third-order valence-corrected chi connectivity index (χ3v) is 3.24. The number of hydrogen-bond acceptors (Lipinski definition) is 3. The average molecular weight is 242 g/mol. The molecule has 1 aliphatic heterocycles. The largest absolute Gasteiger partial charge is 0.364 e. The minimum Gasteiger partial charge on any atom is -0.364 e. The Hall–Kier alpha value is -0.610. The number of carbonyl (C=O) groups is 1. The highest BCUT2D eigenvalue weighted by Gasteiger charge is 2.28. The normalized spacial score (nSPS) is 26.5. The monoisotopic (exact) mass is 242 g/mol. The molecule has 1 aliphatic rings. The first-order valence-corrected chi connectivity index (χ1v) is 6.70. The van der Waals surface area contributed by atoms with Gasteiger partial charge in [0, 0.05) is 12.6 Å². The van der Waals surface area contributed by atoms with E-state index in [0.717, 1.165) is 38.8 Å². The predicted octanol–water partition coefficient (Wildman–Crippen LogP) is 1.45. The van der Waals surface area contributed by atoms with Gasteiger partial charge in [-0.3, -0.25) is 4.79 Å². The van der Waals surface area contributed by atoms with Crippen molar-refractivity contribution in [1.82, 2.24) is 10.6 Å². The Morgan fingerprint density at radius 2 is 2.35 bits per heavy atom. The van der Waals surface area contributed by atoms with Crippen molar-refractivity contribution in [2.24, 2.45) is 0 Å². The highest BCUT2D eigenvalue weighted by Crippen LogP contribution is 2.19. The maximum absolute atomic E-state index is 11.7. The van der Waals surface area contributed by atoms with Crippen molar-refractivity contribution in [3.05, 3.63) is 0 Å². The smallest absolute Gasteiger partial charge is 0.246 e. The third-order valence-electron chi connectivity index (χ3n) is 3.24. The highest BCUT2D eigenvalue weighted by atomic mass is 16.5. The van der Waals surface area contributed by atoms with Crippen LogP contribution in [-0.2, 0) is 9.53 Å². The zero-order chi connectivity index (χ0) is 12.7. The summed E-state index contributed by atoms with van der Waals surface area (Å²) in [6.07, 6.45) is 4.25. The molecule has 0 radical (unpaired) electrons. The van der Waals surface area contributed by atoms with Gasteiger partial charge in [-0.15, -0.1) is 0 Å². The van der Waals surface area contributed by atoms with Gasteiger partial charge in [-0.1, -0.05) is 13.3 Å². The summed E-state index contributed by atoms with van der Waals surface area (Å²) in [5.41, 5.74) is -0.177. The number of piperidine rings is 1. The Labute approximate surface area is 104 Å². The summed E-state index contributed by atoms with van der Waals surface area (Å²) in [6.45, 7) is 8.29. The molecule has 0 aromatic heterocycles. The molecule has 0 spiro atoms. The van der Waals surface area contributed by atoms with E-state index in [9.17, 15) is 4.79 Å². The van der Waals surface area contributed by atoms with Crippen LogP contribution in [0.5, 0.6) is 0 Å². The molecule has 100 valence electrons. The Morgan fingerprint density at radius 3 is 2.94 bits per heavy atom. The lowest BCUT2D eigenvalue weighted by molar-refractivity contribution is -0.134. The van der Waals surface area contributed by atoms with Crippen LogP contribution in [0, 0.1) is 0 Å². The van der Waals surface area contributed by atoms with Crippen LogP contribution in [0.15, 0.2) is 0 Å². The summed E-state index contributed by atoms with van der Waals surface area (Å²) in [4.78, 5) is 11.7. The van der Waals surface area contributed by atoms with Gasteiger partial charge in [0.2, 0.25) is 5.91 Å². The molecule has 2 atom stereocenters. The van der Waals surface area contributed by atoms with Crippen molar-refractivity contribution < 1.29 is 9.53 Å². The minimum absolute atomic E-state index is 0.00208. The molecule has 4 nitrogen and oxygen atoms in total. The Kier molecular flexibility index (Phi) is 5.92. The molecule has 1 fully saturated rings. The first kappa shape index (κ1) is 14.5.